The van der Waals surface area contributed by atoms with E-state index in [1.807, 2.05) is 42.5 Å². The van der Waals surface area contributed by atoms with Gasteiger partial charge in [-0.1, -0.05) is 18.2 Å². The fourth-order valence-electron chi connectivity index (χ4n) is 3.09. The maximum atomic E-state index is 5.95. The first-order valence-electron chi connectivity index (χ1n) is 8.72. The van der Waals surface area contributed by atoms with E-state index in [1.165, 1.54) is 6.33 Å². The lowest BCUT2D eigenvalue weighted by atomic mass is 10.1. The molecule has 0 aliphatic carbocycles. The summed E-state index contributed by atoms with van der Waals surface area (Å²) < 4.78 is 28.0. The van der Waals surface area contributed by atoms with Gasteiger partial charge in [0.2, 0.25) is 12.0 Å². The number of para-hydroxylation sites is 1. The summed E-state index contributed by atoms with van der Waals surface area (Å²) in [7, 11) is 4.72. The molecule has 0 radical (unpaired) electrons. The maximum absolute atomic E-state index is 5.95. The number of hydrogen-bond acceptors (Lipinski definition) is 7. The van der Waals surface area contributed by atoms with Crippen LogP contribution in [-0.4, -0.2) is 31.3 Å². The Morgan fingerprint density at radius 1 is 0.929 bits per heavy atom. The lowest BCUT2D eigenvalue weighted by Crippen LogP contribution is -2.19. The molecular weight excluding hydrogens is 360 g/mol. The molecule has 0 fully saturated rings. The van der Waals surface area contributed by atoms with Crippen LogP contribution in [0.4, 0.5) is 0 Å². The van der Waals surface area contributed by atoms with Crippen LogP contribution in [0.1, 0.15) is 17.5 Å². The van der Waals surface area contributed by atoms with Gasteiger partial charge in [0.05, 0.1) is 33.6 Å². The van der Waals surface area contributed by atoms with Crippen LogP contribution in [-0.2, 0) is 11.3 Å². The molecule has 2 heterocycles. The third kappa shape index (κ3) is 3.32. The monoisotopic (exact) mass is 380 g/mol. The summed E-state index contributed by atoms with van der Waals surface area (Å²) >= 11 is 0. The fourth-order valence-corrected chi connectivity index (χ4v) is 3.09. The van der Waals surface area contributed by atoms with Crippen molar-refractivity contribution in [2.45, 2.75) is 12.9 Å². The van der Waals surface area contributed by atoms with Crippen LogP contribution in [0.15, 0.2) is 48.8 Å². The number of hydrogen-bond donors (Lipinski definition) is 0. The first-order chi connectivity index (χ1) is 13.7. The normalized spacial score (nSPS) is 15.3. The van der Waals surface area contributed by atoms with E-state index >= 15 is 0 Å². The molecule has 2 aromatic carbocycles. The highest BCUT2D eigenvalue weighted by atomic mass is 16.7. The van der Waals surface area contributed by atoms with E-state index in [0.29, 0.717) is 35.2 Å². The van der Waals surface area contributed by atoms with E-state index in [-0.39, 0.29) is 0 Å². The number of benzene rings is 2. The minimum Gasteiger partial charge on any atom is -0.493 e. The minimum atomic E-state index is -0.598. The second kappa shape index (κ2) is 7.74. The SMILES string of the molecule is COc1cc(-c2cc(C3OCc4ccccc4O3)ncn2)cc(OC)c1OC. The summed E-state index contributed by atoms with van der Waals surface area (Å²) in [4.78, 5) is 8.71. The van der Waals surface area contributed by atoms with Gasteiger partial charge in [-0.25, -0.2) is 9.97 Å². The number of methoxy groups -OCH3 is 3. The minimum absolute atomic E-state index is 0.463. The van der Waals surface area contributed by atoms with Gasteiger partial charge in [-0.15, -0.1) is 0 Å². The molecule has 7 nitrogen and oxygen atoms in total. The van der Waals surface area contributed by atoms with E-state index in [0.717, 1.165) is 16.9 Å². The molecule has 0 saturated carbocycles. The second-order valence-electron chi connectivity index (χ2n) is 6.11. The fraction of sp³-hybridized carbons (Fsp3) is 0.238. The van der Waals surface area contributed by atoms with Crippen LogP contribution < -0.4 is 18.9 Å². The smallest absolute Gasteiger partial charge is 0.244 e. The van der Waals surface area contributed by atoms with Gasteiger partial charge in [0.15, 0.2) is 11.5 Å². The molecule has 3 aromatic rings. The molecule has 1 atom stereocenters. The molecule has 144 valence electrons. The lowest BCUT2D eigenvalue weighted by Gasteiger charge is -2.25. The van der Waals surface area contributed by atoms with Crippen molar-refractivity contribution >= 4 is 0 Å². The summed E-state index contributed by atoms with van der Waals surface area (Å²) in [6, 6.07) is 13.3. The average molecular weight is 380 g/mol. The maximum Gasteiger partial charge on any atom is 0.244 e. The number of fused-ring (bicyclic) bond motifs is 1. The van der Waals surface area contributed by atoms with Gasteiger partial charge in [0.25, 0.3) is 0 Å². The topological polar surface area (TPSA) is 71.9 Å². The molecule has 7 heteroatoms. The molecule has 1 unspecified atom stereocenters. The quantitative estimate of drug-likeness (QED) is 0.667. The Bertz CT molecular complexity index is 967. The molecule has 0 spiro atoms. The highest BCUT2D eigenvalue weighted by Gasteiger charge is 2.24. The van der Waals surface area contributed by atoms with Crippen LogP contribution in [0, 0.1) is 0 Å². The molecule has 0 bridgehead atoms. The number of nitrogens with zero attached hydrogens (tertiary/aromatic N) is 2. The summed E-state index contributed by atoms with van der Waals surface area (Å²) in [5.74, 6) is 2.43. The van der Waals surface area contributed by atoms with Crippen LogP contribution in [0.2, 0.25) is 0 Å². The van der Waals surface area contributed by atoms with E-state index < -0.39 is 6.29 Å². The van der Waals surface area contributed by atoms with Crippen molar-refractivity contribution in [2.24, 2.45) is 0 Å². The second-order valence-corrected chi connectivity index (χ2v) is 6.11. The third-order valence-electron chi connectivity index (χ3n) is 4.49. The summed E-state index contributed by atoms with van der Waals surface area (Å²) in [6.07, 6.45) is 0.889. The van der Waals surface area contributed by atoms with E-state index in [2.05, 4.69) is 9.97 Å². The highest BCUT2D eigenvalue weighted by molar-refractivity contribution is 5.68. The Balaban J connectivity index is 1.68. The molecule has 0 N–H and O–H groups in total. The van der Waals surface area contributed by atoms with E-state index in [1.54, 1.807) is 21.3 Å². The highest BCUT2D eigenvalue weighted by Crippen LogP contribution is 2.41. The standard InChI is InChI=1S/C21H20N2O5/c1-24-18-8-14(9-19(25-2)20(18)26-3)15-10-16(23-12-22-15)21-27-11-13-6-4-5-7-17(13)28-21/h4-10,12,21H,11H2,1-3H3. The van der Waals surface area contributed by atoms with Gasteiger partial charge < -0.3 is 23.7 Å². The predicted molar refractivity (Wildman–Crippen MR) is 102 cm³/mol. The van der Waals surface area contributed by atoms with Crippen LogP contribution in [0.5, 0.6) is 23.0 Å². The van der Waals surface area contributed by atoms with Crippen molar-refractivity contribution in [3.63, 3.8) is 0 Å². The van der Waals surface area contributed by atoms with Crippen molar-refractivity contribution in [2.75, 3.05) is 21.3 Å². The van der Waals surface area contributed by atoms with Crippen molar-refractivity contribution in [1.29, 1.82) is 0 Å². The Kier molecular flexibility index (Phi) is 4.99. The number of rotatable bonds is 5. The zero-order chi connectivity index (χ0) is 19.5. The molecule has 4 rings (SSSR count). The van der Waals surface area contributed by atoms with Crippen molar-refractivity contribution in [1.82, 2.24) is 9.97 Å². The van der Waals surface area contributed by atoms with Gasteiger partial charge in [-0.05, 0) is 24.3 Å². The largest absolute Gasteiger partial charge is 0.493 e. The molecule has 1 aliphatic heterocycles. The van der Waals surface area contributed by atoms with Gasteiger partial charge in [-0.3, -0.25) is 0 Å². The van der Waals surface area contributed by atoms with Gasteiger partial charge >= 0.3 is 0 Å². The zero-order valence-electron chi connectivity index (χ0n) is 15.8. The Morgan fingerprint density at radius 3 is 2.39 bits per heavy atom. The Labute approximate surface area is 162 Å². The third-order valence-corrected chi connectivity index (χ3v) is 4.49. The van der Waals surface area contributed by atoms with Gasteiger partial charge in [0.1, 0.15) is 17.8 Å². The van der Waals surface area contributed by atoms with Crippen molar-refractivity contribution in [3.05, 3.63) is 60.0 Å². The Morgan fingerprint density at radius 2 is 1.68 bits per heavy atom. The zero-order valence-corrected chi connectivity index (χ0v) is 15.8. The molecule has 1 aromatic heterocycles. The van der Waals surface area contributed by atoms with Crippen molar-refractivity contribution in [3.8, 4) is 34.3 Å². The first-order valence-corrected chi connectivity index (χ1v) is 8.72. The van der Waals surface area contributed by atoms with Gasteiger partial charge in [0, 0.05) is 11.1 Å². The number of ether oxygens (including phenoxy) is 5. The van der Waals surface area contributed by atoms with Crippen molar-refractivity contribution < 1.29 is 23.7 Å². The number of aromatic nitrogens is 2. The first kappa shape index (κ1) is 18.1. The molecule has 28 heavy (non-hydrogen) atoms. The Hall–Kier alpha value is -3.32. The lowest BCUT2D eigenvalue weighted by molar-refractivity contribution is -0.114. The van der Waals surface area contributed by atoms with Crippen LogP contribution in [0.25, 0.3) is 11.3 Å². The van der Waals surface area contributed by atoms with E-state index in [4.69, 9.17) is 23.7 Å². The molecule has 0 amide bonds. The van der Waals surface area contributed by atoms with Crippen LogP contribution in [0.3, 0.4) is 0 Å². The molecule has 0 saturated heterocycles. The van der Waals surface area contributed by atoms with Crippen LogP contribution >= 0.6 is 0 Å². The summed E-state index contributed by atoms with van der Waals surface area (Å²) in [5, 5.41) is 0. The molecule has 1 aliphatic rings. The van der Waals surface area contributed by atoms with E-state index in [9.17, 15) is 0 Å². The van der Waals surface area contributed by atoms with Gasteiger partial charge in [-0.2, -0.15) is 0 Å². The summed E-state index contributed by atoms with van der Waals surface area (Å²) in [6.45, 7) is 0.463. The molecular formula is C21H20N2O5. The summed E-state index contributed by atoms with van der Waals surface area (Å²) in [5.41, 5.74) is 3.13. The average Bonchev–Trinajstić information content (AvgIpc) is 2.77. The predicted octanol–water partition coefficient (Wildman–Crippen LogP) is 3.78.